The van der Waals surface area contributed by atoms with E-state index >= 15 is 0 Å². The van der Waals surface area contributed by atoms with Gasteiger partial charge in [-0.05, 0) is 303 Å². The lowest BCUT2D eigenvalue weighted by Gasteiger charge is -2.50. The SMILES string of the molecule is CC(C)(Cl)Cl.CC(C)(Cl)Cl.CC1=Cc2c(-c3ccccc3)cccc2C1[Si](C)(C)C1c2ccccc2-c2c1c1ccccc1n2-c1ccccc1.CC1CC2C(c3ccccc3)CCCC2C1[Si](C)(C)C1C2CCCCC2C2C1C1CCCCC1N2c1ccccc1.CC1CC2C(c3ccccc3)CCCC2C1[Si](C)(C)C1C2CCCCC2C2C1C1CCCCC1N2c1ccccc1. The molecule has 0 bridgehead atoms. The Bertz CT molecular complexity index is 5430. The lowest BCUT2D eigenvalue weighted by atomic mass is 9.71. The summed E-state index contributed by atoms with van der Waals surface area (Å²) < 4.78 is 1.41. The highest BCUT2D eigenvalue weighted by Crippen LogP contribution is 2.74. The third-order valence-corrected chi connectivity index (χ3v) is 53.2. The summed E-state index contributed by atoms with van der Waals surface area (Å²) in [7, 11) is -5.20. The van der Waals surface area contributed by atoms with E-state index in [1.807, 2.05) is 0 Å². The van der Waals surface area contributed by atoms with Crippen LogP contribution >= 0.6 is 46.4 Å². The van der Waals surface area contributed by atoms with Crippen LogP contribution in [-0.2, 0) is 0 Å². The molecular weight excluding hydrogens is 1750 g/mol. The highest BCUT2D eigenvalue weighted by Gasteiger charge is 2.70. The lowest BCUT2D eigenvalue weighted by Crippen LogP contribution is -2.48. The van der Waals surface area contributed by atoms with Gasteiger partial charge < -0.3 is 14.4 Å². The molecule has 12 fully saturated rings. The monoisotopic (exact) mass is 1900 g/mol. The zero-order chi connectivity index (χ0) is 92.1. The molecule has 24 rings (SSSR count). The number of halogens is 4. The summed E-state index contributed by atoms with van der Waals surface area (Å²) in [6, 6.07) is 97.4. The van der Waals surface area contributed by atoms with E-state index in [0.717, 1.165) is 141 Å². The molecule has 26 unspecified atom stereocenters. The van der Waals surface area contributed by atoms with Gasteiger partial charge in [0.1, 0.15) is 8.67 Å². The van der Waals surface area contributed by atoms with Crippen molar-refractivity contribution in [3.63, 3.8) is 0 Å². The maximum atomic E-state index is 5.30. The molecule has 10 saturated carbocycles. The lowest BCUT2D eigenvalue weighted by molar-refractivity contribution is 0.221. The van der Waals surface area contributed by atoms with Crippen LogP contribution in [0.25, 0.3) is 45.1 Å². The van der Waals surface area contributed by atoms with Crippen molar-refractivity contribution in [1.29, 1.82) is 0 Å². The second kappa shape index (κ2) is 38.7. The molecule has 2 aliphatic heterocycles. The fourth-order valence-corrected chi connectivity index (χ4v) is 53.2. The van der Waals surface area contributed by atoms with Gasteiger partial charge in [0.25, 0.3) is 0 Å². The highest BCUT2D eigenvalue weighted by atomic mass is 35.5. The van der Waals surface area contributed by atoms with Gasteiger partial charge in [0.15, 0.2) is 0 Å². The van der Waals surface area contributed by atoms with Crippen LogP contribution in [0.1, 0.15) is 259 Å². The molecule has 133 heavy (non-hydrogen) atoms. The van der Waals surface area contributed by atoms with Gasteiger partial charge in [-0.15, -0.1) is 46.4 Å². The van der Waals surface area contributed by atoms with Crippen molar-refractivity contribution in [2.24, 2.45) is 82.9 Å². The zero-order valence-corrected chi connectivity index (χ0v) is 88.6. The van der Waals surface area contributed by atoms with Gasteiger partial charge in [-0.2, -0.15) is 0 Å². The van der Waals surface area contributed by atoms with Crippen LogP contribution in [0.5, 0.6) is 0 Å². The number of rotatable bonds is 12. The van der Waals surface area contributed by atoms with Crippen LogP contribution in [0.15, 0.2) is 254 Å². The molecule has 26 atom stereocenters. The number of allylic oxidation sites excluding steroid dienone is 1. The van der Waals surface area contributed by atoms with Crippen molar-refractivity contribution in [2.75, 3.05) is 9.80 Å². The predicted molar refractivity (Wildman–Crippen MR) is 580 cm³/mol. The molecule has 3 nitrogen and oxygen atoms in total. The normalized spacial score (nSPS) is 33.2. The number of anilines is 2. The number of hydrogen-bond donors (Lipinski definition) is 0. The molecule has 0 spiro atoms. The molecule has 0 amide bonds. The summed E-state index contributed by atoms with van der Waals surface area (Å²) >= 11 is 21.2. The van der Waals surface area contributed by atoms with Crippen molar-refractivity contribution in [3.05, 3.63) is 288 Å². The van der Waals surface area contributed by atoms with Gasteiger partial charge >= 0.3 is 0 Å². The average molecular weight is 1900 g/mol. The van der Waals surface area contributed by atoms with Crippen LogP contribution < -0.4 is 9.80 Å². The van der Waals surface area contributed by atoms with Gasteiger partial charge in [-0.3, -0.25) is 0 Å². The maximum Gasteiger partial charge on any atom is 0.112 e. The number of aromatic nitrogens is 1. The van der Waals surface area contributed by atoms with Gasteiger partial charge in [0.05, 0.1) is 35.4 Å². The van der Waals surface area contributed by atoms with E-state index in [4.69, 9.17) is 46.4 Å². The van der Waals surface area contributed by atoms with Crippen LogP contribution in [-0.4, -0.2) is 61.6 Å². The maximum absolute atomic E-state index is 5.30. The molecule has 14 aliphatic rings. The largest absolute Gasteiger partial charge is 0.365 e. The predicted octanol–water partition coefficient (Wildman–Crippen LogP) is 35.9. The third kappa shape index (κ3) is 17.7. The van der Waals surface area contributed by atoms with Crippen molar-refractivity contribution in [2.45, 2.75) is 320 Å². The minimum Gasteiger partial charge on any atom is -0.365 e. The van der Waals surface area contributed by atoms with Crippen molar-refractivity contribution in [1.82, 2.24) is 4.57 Å². The number of nitrogens with zero attached hydrogens (tertiary/aromatic N) is 3. The third-order valence-electron chi connectivity index (χ3n) is 38.3. The standard InChI is InChI=1S/2C39H55NSi.C39H33NSi.2C3H6Cl2/c3*1-26-25-34-29(27-15-6-4-7-16-27)22-14-23-32(34)38(26)41(2,3)39-31-20-11-10-19-30(31)37-36(39)33-21-12-13-24-35(33)40(37)28-17-8-5-9-18-28;2*1-3(2,4)5/h2*4-9,15-18,26,29-39H,10-14,19-25H2,1-3H3;4-25,38-39H,1-3H3;2*1-2H3. The molecule has 702 valence electrons. The Morgan fingerprint density at radius 3 is 1.15 bits per heavy atom. The van der Waals surface area contributed by atoms with Gasteiger partial charge in [0, 0.05) is 63.3 Å². The van der Waals surface area contributed by atoms with Gasteiger partial charge in [-0.1, -0.05) is 361 Å². The zero-order valence-electron chi connectivity index (χ0n) is 82.6. The summed E-state index contributed by atoms with van der Waals surface area (Å²) in [6.45, 7) is 31.8. The molecule has 1 aromatic heterocycles. The second-order valence-corrected chi connectivity index (χ2v) is 66.5. The Kier molecular flexibility index (Phi) is 27.4. The molecule has 0 N–H and O–H groups in total. The Morgan fingerprint density at radius 2 is 0.684 bits per heavy atom. The number of benzene rings is 9. The first-order valence-electron chi connectivity index (χ1n) is 53.3. The number of fused-ring (bicyclic) bond motifs is 18. The quantitative estimate of drug-likeness (QED) is 0.0892. The number of hydrogen-bond acceptors (Lipinski definition) is 2. The summed E-state index contributed by atoms with van der Waals surface area (Å²) in [6.07, 6.45) is 38.2. The first-order valence-corrected chi connectivity index (χ1v) is 64.3. The first-order chi connectivity index (χ1) is 64.2. The fraction of sp³-hybridized carbons (Fsp3) is 0.528. The Morgan fingerprint density at radius 1 is 0.323 bits per heavy atom. The number of para-hydroxylation sites is 4. The van der Waals surface area contributed by atoms with E-state index < -0.39 is 32.9 Å². The minimum atomic E-state index is -2.06. The summed E-state index contributed by atoms with van der Waals surface area (Å²) in [5, 5.41) is 1.39. The molecule has 9 aromatic carbocycles. The van der Waals surface area contributed by atoms with Crippen molar-refractivity contribution >= 4 is 99.0 Å². The molecule has 2 saturated heterocycles. The molecule has 10 heteroatoms. The fourth-order valence-electron chi connectivity index (χ4n) is 35.4. The number of alkyl halides is 4. The Hall–Kier alpha value is -6.33. The van der Waals surface area contributed by atoms with E-state index in [9.17, 15) is 0 Å². The first kappa shape index (κ1) is 94.3. The molecule has 12 aliphatic carbocycles. The van der Waals surface area contributed by atoms with Crippen LogP contribution in [0.4, 0.5) is 11.4 Å². The molecule has 0 radical (unpaired) electrons. The summed E-state index contributed by atoms with van der Waals surface area (Å²) in [4.78, 5) is 6.18. The van der Waals surface area contributed by atoms with Crippen LogP contribution in [0.2, 0.25) is 61.4 Å². The molecule has 10 aromatic rings. The Labute approximate surface area is 825 Å². The Balaban J connectivity index is 0.000000118. The summed E-state index contributed by atoms with van der Waals surface area (Å²) in [5.74, 6) is 15.1. The molecule has 3 heterocycles. The van der Waals surface area contributed by atoms with Gasteiger partial charge in [-0.25, -0.2) is 0 Å². The van der Waals surface area contributed by atoms with E-state index in [1.54, 1.807) is 63.0 Å². The van der Waals surface area contributed by atoms with Crippen molar-refractivity contribution in [3.8, 4) is 28.1 Å². The van der Waals surface area contributed by atoms with Crippen molar-refractivity contribution < 1.29 is 0 Å². The second-order valence-electron chi connectivity index (χ2n) is 47.5. The van der Waals surface area contributed by atoms with Gasteiger partial charge in [0.2, 0.25) is 0 Å². The molecular formula is C123H155Cl4N3Si3. The van der Waals surface area contributed by atoms with Crippen LogP contribution in [0.3, 0.4) is 0 Å². The topological polar surface area (TPSA) is 11.4 Å². The van der Waals surface area contributed by atoms with E-state index in [2.05, 4.69) is 329 Å². The highest BCUT2D eigenvalue weighted by molar-refractivity contribution is 6.82. The van der Waals surface area contributed by atoms with E-state index in [1.165, 1.54) is 208 Å². The average Bonchev–Trinajstić information content (AvgIpc) is 1.54. The van der Waals surface area contributed by atoms with E-state index in [-0.39, 0.29) is 0 Å². The smallest absolute Gasteiger partial charge is 0.112 e. The van der Waals surface area contributed by atoms with Crippen LogP contribution in [0, 0.1) is 82.9 Å². The minimum absolute atomic E-state index is 0.392. The summed E-state index contributed by atoms with van der Waals surface area (Å²) in [5.41, 5.74) is 26.9. The van der Waals surface area contributed by atoms with E-state index in [0.29, 0.717) is 11.1 Å².